The summed E-state index contributed by atoms with van der Waals surface area (Å²) in [6.07, 6.45) is 1.73. The minimum atomic E-state index is -0.649. The lowest BCUT2D eigenvalue weighted by Crippen LogP contribution is -2.38. The molecule has 0 spiro atoms. The third-order valence-electron chi connectivity index (χ3n) is 3.71. The summed E-state index contributed by atoms with van der Waals surface area (Å²) in [6, 6.07) is 9.58. The summed E-state index contributed by atoms with van der Waals surface area (Å²) in [6.45, 7) is 2.37. The van der Waals surface area contributed by atoms with Gasteiger partial charge in [0.1, 0.15) is 11.9 Å². The molecule has 0 saturated heterocycles. The van der Waals surface area contributed by atoms with E-state index < -0.39 is 6.04 Å². The summed E-state index contributed by atoms with van der Waals surface area (Å²) in [5, 5.41) is 0. The monoisotopic (exact) mass is 315 g/mol. The van der Waals surface area contributed by atoms with Gasteiger partial charge in [0.05, 0.1) is 0 Å². The van der Waals surface area contributed by atoms with Crippen LogP contribution in [0.2, 0.25) is 0 Å². The quantitative estimate of drug-likeness (QED) is 0.851. The van der Waals surface area contributed by atoms with E-state index in [9.17, 15) is 9.18 Å². The van der Waals surface area contributed by atoms with E-state index in [-0.39, 0.29) is 11.7 Å². The van der Waals surface area contributed by atoms with E-state index >= 15 is 0 Å². The smallest absolute Gasteiger partial charge is 0.244 e. The number of carbonyl (C=O) groups is 1. The van der Waals surface area contributed by atoms with Gasteiger partial charge in [0.15, 0.2) is 0 Å². The Balaban J connectivity index is 2.22. The number of amides is 1. The fraction of sp³-hybridized carbons (Fsp3) is 0.333. The molecule has 0 saturated carbocycles. The number of pyridine rings is 1. The molecule has 5 heteroatoms. The molecule has 0 fully saturated rings. The molecule has 1 aromatic carbocycles. The third-order valence-corrected chi connectivity index (χ3v) is 3.71. The van der Waals surface area contributed by atoms with Crippen molar-refractivity contribution in [3.8, 4) is 0 Å². The van der Waals surface area contributed by atoms with Gasteiger partial charge in [-0.15, -0.1) is 0 Å². The van der Waals surface area contributed by atoms with Gasteiger partial charge in [-0.3, -0.25) is 14.7 Å². The number of carbonyl (C=O) groups excluding carboxylic acids is 1. The van der Waals surface area contributed by atoms with Gasteiger partial charge in [-0.05, 0) is 44.8 Å². The minimum absolute atomic E-state index is 0.144. The fourth-order valence-corrected chi connectivity index (χ4v) is 2.59. The van der Waals surface area contributed by atoms with E-state index in [0.29, 0.717) is 12.1 Å². The van der Waals surface area contributed by atoms with Crippen LogP contribution in [0, 0.1) is 12.7 Å². The highest BCUT2D eigenvalue weighted by molar-refractivity contribution is 5.83. The Kier molecular flexibility index (Phi) is 5.45. The summed E-state index contributed by atoms with van der Waals surface area (Å²) in [7, 11) is 5.29. The second-order valence-electron chi connectivity index (χ2n) is 5.89. The van der Waals surface area contributed by atoms with Crippen molar-refractivity contribution in [1.82, 2.24) is 14.8 Å². The van der Waals surface area contributed by atoms with Crippen molar-refractivity contribution in [3.05, 3.63) is 65.2 Å². The molecule has 0 aliphatic heterocycles. The Labute approximate surface area is 136 Å². The molecule has 0 aliphatic rings. The van der Waals surface area contributed by atoms with Crippen LogP contribution in [0.25, 0.3) is 0 Å². The van der Waals surface area contributed by atoms with Crippen LogP contribution in [0.1, 0.15) is 22.9 Å². The average molecular weight is 315 g/mol. The molecule has 1 amide bonds. The van der Waals surface area contributed by atoms with E-state index in [1.54, 1.807) is 55.3 Å². The topological polar surface area (TPSA) is 36.4 Å². The summed E-state index contributed by atoms with van der Waals surface area (Å²) >= 11 is 0. The standard InChI is InChI=1S/C18H22FN3O/c1-13-11-14(9-10-20-13)12-22(4)18(23)17(21(2)3)15-7-5-6-8-16(15)19/h5-11,17H,12H2,1-4H3/t17-/m0/s1. The molecule has 0 aliphatic carbocycles. The SMILES string of the molecule is Cc1cc(CN(C)C(=O)[C@H](c2ccccc2F)N(C)C)ccn1. The highest BCUT2D eigenvalue weighted by Gasteiger charge is 2.28. The molecule has 23 heavy (non-hydrogen) atoms. The van der Waals surface area contributed by atoms with Gasteiger partial charge in [-0.1, -0.05) is 18.2 Å². The van der Waals surface area contributed by atoms with Crippen LogP contribution < -0.4 is 0 Å². The first-order valence-corrected chi connectivity index (χ1v) is 7.47. The summed E-state index contributed by atoms with van der Waals surface area (Å²) in [5.74, 6) is -0.512. The van der Waals surface area contributed by atoms with Crippen LogP contribution in [-0.4, -0.2) is 41.8 Å². The molecule has 1 atom stereocenters. The molecule has 1 heterocycles. The maximum Gasteiger partial charge on any atom is 0.244 e. The van der Waals surface area contributed by atoms with Gasteiger partial charge in [0.25, 0.3) is 0 Å². The van der Waals surface area contributed by atoms with Crippen LogP contribution in [0.15, 0.2) is 42.6 Å². The Morgan fingerprint density at radius 2 is 1.91 bits per heavy atom. The number of aryl methyl sites for hydroxylation is 1. The zero-order chi connectivity index (χ0) is 17.0. The van der Waals surface area contributed by atoms with E-state index in [1.807, 2.05) is 19.1 Å². The lowest BCUT2D eigenvalue weighted by molar-refractivity contribution is -0.135. The number of nitrogens with zero attached hydrogens (tertiary/aromatic N) is 3. The maximum absolute atomic E-state index is 14.1. The van der Waals surface area contributed by atoms with Gasteiger partial charge < -0.3 is 4.90 Å². The maximum atomic E-state index is 14.1. The lowest BCUT2D eigenvalue weighted by Gasteiger charge is -2.29. The summed E-state index contributed by atoms with van der Waals surface area (Å²) in [5.41, 5.74) is 2.29. The summed E-state index contributed by atoms with van der Waals surface area (Å²) in [4.78, 5) is 20.3. The van der Waals surface area contributed by atoms with Crippen LogP contribution in [-0.2, 0) is 11.3 Å². The second kappa shape index (κ2) is 7.33. The number of likely N-dealkylation sites (N-methyl/N-ethyl adjacent to an activating group) is 2. The molecule has 122 valence electrons. The van der Waals surface area contributed by atoms with Gasteiger partial charge in [-0.2, -0.15) is 0 Å². The minimum Gasteiger partial charge on any atom is -0.340 e. The summed E-state index contributed by atoms with van der Waals surface area (Å²) < 4.78 is 14.1. The van der Waals surface area contributed by atoms with Gasteiger partial charge >= 0.3 is 0 Å². The predicted octanol–water partition coefficient (Wildman–Crippen LogP) is 2.79. The van der Waals surface area contributed by atoms with Crippen molar-refractivity contribution in [2.45, 2.75) is 19.5 Å². The molecular formula is C18H22FN3O. The Bertz CT molecular complexity index is 687. The zero-order valence-corrected chi connectivity index (χ0v) is 14.0. The molecule has 4 nitrogen and oxygen atoms in total. The van der Waals surface area contributed by atoms with Gasteiger partial charge in [-0.25, -0.2) is 4.39 Å². The van der Waals surface area contributed by atoms with Crippen molar-refractivity contribution >= 4 is 5.91 Å². The Morgan fingerprint density at radius 1 is 1.22 bits per heavy atom. The van der Waals surface area contributed by atoms with Crippen LogP contribution in [0.3, 0.4) is 0 Å². The van der Waals surface area contributed by atoms with Crippen molar-refractivity contribution in [2.75, 3.05) is 21.1 Å². The molecule has 2 rings (SSSR count). The molecule has 0 unspecified atom stereocenters. The van der Waals surface area contributed by atoms with Crippen LogP contribution >= 0.6 is 0 Å². The van der Waals surface area contributed by atoms with Crippen LogP contribution in [0.4, 0.5) is 4.39 Å². The molecular weight excluding hydrogens is 293 g/mol. The fourth-order valence-electron chi connectivity index (χ4n) is 2.59. The number of halogens is 1. The number of hydrogen-bond acceptors (Lipinski definition) is 3. The normalized spacial score (nSPS) is 12.3. The molecule has 0 radical (unpaired) electrons. The number of rotatable bonds is 5. The third kappa shape index (κ3) is 4.13. The predicted molar refractivity (Wildman–Crippen MR) is 88.3 cm³/mol. The van der Waals surface area contributed by atoms with E-state index in [0.717, 1.165) is 11.3 Å². The van der Waals surface area contributed by atoms with Gasteiger partial charge in [0, 0.05) is 31.0 Å². The largest absolute Gasteiger partial charge is 0.340 e. The van der Waals surface area contributed by atoms with Crippen molar-refractivity contribution in [2.24, 2.45) is 0 Å². The van der Waals surface area contributed by atoms with Crippen LogP contribution in [0.5, 0.6) is 0 Å². The highest BCUT2D eigenvalue weighted by atomic mass is 19.1. The molecule has 1 aromatic heterocycles. The van der Waals surface area contributed by atoms with Crippen molar-refractivity contribution < 1.29 is 9.18 Å². The lowest BCUT2D eigenvalue weighted by atomic mass is 10.0. The Morgan fingerprint density at radius 3 is 2.52 bits per heavy atom. The first-order chi connectivity index (χ1) is 10.9. The zero-order valence-electron chi connectivity index (χ0n) is 14.0. The van der Waals surface area contributed by atoms with Gasteiger partial charge in [0.2, 0.25) is 5.91 Å². The number of benzene rings is 1. The average Bonchev–Trinajstić information content (AvgIpc) is 2.49. The van der Waals surface area contributed by atoms with Crippen molar-refractivity contribution in [1.29, 1.82) is 0 Å². The molecule has 0 bridgehead atoms. The second-order valence-corrected chi connectivity index (χ2v) is 5.89. The first kappa shape index (κ1) is 17.1. The molecule has 2 aromatic rings. The van der Waals surface area contributed by atoms with E-state index in [4.69, 9.17) is 0 Å². The molecule has 0 N–H and O–H groups in total. The number of aromatic nitrogens is 1. The van der Waals surface area contributed by atoms with E-state index in [2.05, 4.69) is 4.98 Å². The Hall–Kier alpha value is -2.27. The first-order valence-electron chi connectivity index (χ1n) is 7.47. The highest BCUT2D eigenvalue weighted by Crippen LogP contribution is 2.23. The van der Waals surface area contributed by atoms with Crippen molar-refractivity contribution in [3.63, 3.8) is 0 Å². The van der Waals surface area contributed by atoms with E-state index in [1.165, 1.54) is 6.07 Å². The number of hydrogen-bond donors (Lipinski definition) is 0.